The van der Waals surface area contributed by atoms with Gasteiger partial charge in [-0.15, -0.1) is 0 Å². The van der Waals surface area contributed by atoms with Crippen molar-refractivity contribution in [1.82, 2.24) is 9.97 Å². The zero-order valence-corrected chi connectivity index (χ0v) is 11.7. The van der Waals surface area contributed by atoms with E-state index in [0.29, 0.717) is 6.54 Å². The Morgan fingerprint density at radius 3 is 2.86 bits per heavy atom. The first-order valence-electron chi connectivity index (χ1n) is 7.27. The van der Waals surface area contributed by atoms with E-state index in [-0.39, 0.29) is 5.92 Å². The van der Waals surface area contributed by atoms with Gasteiger partial charge in [-0.2, -0.15) is 0 Å². The maximum absolute atomic E-state index is 5.99. The molecule has 2 heterocycles. The van der Waals surface area contributed by atoms with Crippen LogP contribution in [0.1, 0.15) is 28.8 Å². The Balaban J connectivity index is 1.78. The Morgan fingerprint density at radius 1 is 1.19 bits per heavy atom. The van der Waals surface area contributed by atoms with Gasteiger partial charge in [0.25, 0.3) is 0 Å². The topological polar surface area (TPSA) is 67.8 Å². The Hall–Kier alpha value is -2.33. The molecule has 0 radical (unpaired) electrons. The number of fused-ring (bicyclic) bond motifs is 3. The van der Waals surface area contributed by atoms with Crippen LogP contribution in [0.25, 0.3) is 11.3 Å². The summed E-state index contributed by atoms with van der Waals surface area (Å²) in [6.45, 7) is 0.536. The van der Waals surface area contributed by atoms with Gasteiger partial charge >= 0.3 is 0 Å². The SMILES string of the molecule is NCC(c1ccccc1)c1nc2c([nH]1)CCc1occc1-2. The number of aryl methyl sites for hydroxylation is 2. The van der Waals surface area contributed by atoms with Crippen LogP contribution >= 0.6 is 0 Å². The molecule has 4 nitrogen and oxygen atoms in total. The normalized spacial score (nSPS) is 14.5. The van der Waals surface area contributed by atoms with Gasteiger partial charge in [-0.25, -0.2) is 4.98 Å². The minimum atomic E-state index is 0.104. The predicted octanol–water partition coefficient (Wildman–Crippen LogP) is 2.86. The maximum Gasteiger partial charge on any atom is 0.115 e. The summed E-state index contributed by atoms with van der Waals surface area (Å²) >= 11 is 0. The number of H-pyrrole nitrogens is 1. The second kappa shape index (κ2) is 4.90. The van der Waals surface area contributed by atoms with Gasteiger partial charge in [0.1, 0.15) is 11.6 Å². The molecule has 1 atom stereocenters. The number of furan rings is 1. The molecule has 0 amide bonds. The number of hydrogen-bond donors (Lipinski definition) is 2. The molecule has 0 bridgehead atoms. The highest BCUT2D eigenvalue weighted by molar-refractivity contribution is 5.66. The lowest BCUT2D eigenvalue weighted by Crippen LogP contribution is -2.15. The number of aromatic amines is 1. The van der Waals surface area contributed by atoms with Gasteiger partial charge in [-0.1, -0.05) is 30.3 Å². The summed E-state index contributed by atoms with van der Waals surface area (Å²) in [5.41, 5.74) is 10.5. The number of rotatable bonds is 3. The third-order valence-electron chi connectivity index (χ3n) is 4.17. The molecule has 0 saturated heterocycles. The highest BCUT2D eigenvalue weighted by Crippen LogP contribution is 2.34. The fourth-order valence-corrected chi connectivity index (χ4v) is 3.07. The van der Waals surface area contributed by atoms with Crippen LogP contribution in [0.15, 0.2) is 47.1 Å². The van der Waals surface area contributed by atoms with E-state index in [1.165, 1.54) is 11.3 Å². The summed E-state index contributed by atoms with van der Waals surface area (Å²) in [6, 6.07) is 12.3. The van der Waals surface area contributed by atoms with E-state index < -0.39 is 0 Å². The van der Waals surface area contributed by atoms with E-state index in [0.717, 1.165) is 35.7 Å². The molecular weight excluding hydrogens is 262 g/mol. The molecule has 4 rings (SSSR count). The summed E-state index contributed by atoms with van der Waals surface area (Å²) < 4.78 is 5.51. The van der Waals surface area contributed by atoms with Crippen molar-refractivity contribution >= 4 is 0 Å². The minimum Gasteiger partial charge on any atom is -0.469 e. The maximum atomic E-state index is 5.99. The summed E-state index contributed by atoms with van der Waals surface area (Å²) in [6.07, 6.45) is 3.61. The fourth-order valence-electron chi connectivity index (χ4n) is 3.07. The fraction of sp³-hybridized carbons (Fsp3) is 0.235. The monoisotopic (exact) mass is 279 g/mol. The third-order valence-corrected chi connectivity index (χ3v) is 4.17. The van der Waals surface area contributed by atoms with E-state index in [1.807, 2.05) is 24.3 Å². The standard InChI is InChI=1S/C17H17N3O/c18-10-13(11-4-2-1-3-5-11)17-19-14-6-7-15-12(8-9-21-15)16(14)20-17/h1-5,8-9,13H,6-7,10,18H2,(H,19,20). The Labute approximate surface area is 123 Å². The second-order valence-electron chi connectivity index (χ2n) is 5.41. The van der Waals surface area contributed by atoms with Crippen molar-refractivity contribution in [2.75, 3.05) is 6.54 Å². The minimum absolute atomic E-state index is 0.104. The van der Waals surface area contributed by atoms with Crippen molar-refractivity contribution in [3.05, 3.63) is 65.5 Å². The van der Waals surface area contributed by atoms with Crippen LogP contribution in [0.5, 0.6) is 0 Å². The summed E-state index contributed by atoms with van der Waals surface area (Å²) in [5.74, 6) is 2.08. The zero-order chi connectivity index (χ0) is 14.2. The number of nitrogens with two attached hydrogens (primary N) is 1. The highest BCUT2D eigenvalue weighted by Gasteiger charge is 2.25. The molecule has 1 aliphatic carbocycles. The molecule has 0 saturated carbocycles. The van der Waals surface area contributed by atoms with Crippen LogP contribution in [0.3, 0.4) is 0 Å². The van der Waals surface area contributed by atoms with Gasteiger partial charge in [0, 0.05) is 24.2 Å². The molecule has 4 heteroatoms. The molecule has 1 unspecified atom stereocenters. The largest absolute Gasteiger partial charge is 0.469 e. The van der Waals surface area contributed by atoms with Gasteiger partial charge in [0.05, 0.1) is 17.9 Å². The smallest absolute Gasteiger partial charge is 0.115 e. The number of nitrogens with one attached hydrogen (secondary N) is 1. The molecule has 3 N–H and O–H groups in total. The number of benzene rings is 1. The average molecular weight is 279 g/mol. The first-order chi connectivity index (χ1) is 10.4. The summed E-state index contributed by atoms with van der Waals surface area (Å²) in [7, 11) is 0. The summed E-state index contributed by atoms with van der Waals surface area (Å²) in [4.78, 5) is 8.30. The quantitative estimate of drug-likeness (QED) is 0.774. The van der Waals surface area contributed by atoms with Crippen LogP contribution in [0.4, 0.5) is 0 Å². The highest BCUT2D eigenvalue weighted by atomic mass is 16.3. The van der Waals surface area contributed by atoms with Crippen LogP contribution in [0.2, 0.25) is 0 Å². The Morgan fingerprint density at radius 2 is 2.05 bits per heavy atom. The molecular formula is C17H17N3O. The van der Waals surface area contributed by atoms with E-state index in [1.54, 1.807) is 6.26 Å². The van der Waals surface area contributed by atoms with Crippen LogP contribution < -0.4 is 5.73 Å². The molecule has 0 aliphatic heterocycles. The first kappa shape index (κ1) is 12.4. The van der Waals surface area contributed by atoms with Gasteiger partial charge in [-0.3, -0.25) is 0 Å². The molecule has 2 aromatic heterocycles. The number of aromatic nitrogens is 2. The van der Waals surface area contributed by atoms with Gasteiger partial charge in [-0.05, 0) is 18.1 Å². The molecule has 3 aromatic rings. The molecule has 1 aliphatic rings. The van der Waals surface area contributed by atoms with Gasteiger partial charge in [0.15, 0.2) is 0 Å². The molecule has 106 valence electrons. The summed E-state index contributed by atoms with van der Waals surface area (Å²) in [5, 5.41) is 0. The van der Waals surface area contributed by atoms with E-state index >= 15 is 0 Å². The van der Waals surface area contributed by atoms with Crippen molar-refractivity contribution in [2.24, 2.45) is 5.73 Å². The Kier molecular flexibility index (Phi) is 2.89. The third kappa shape index (κ3) is 1.99. The van der Waals surface area contributed by atoms with Gasteiger partial charge in [0.2, 0.25) is 0 Å². The zero-order valence-electron chi connectivity index (χ0n) is 11.7. The average Bonchev–Trinajstić information content (AvgIpc) is 3.14. The lowest BCUT2D eigenvalue weighted by atomic mass is 9.99. The van der Waals surface area contributed by atoms with Crippen molar-refractivity contribution < 1.29 is 4.42 Å². The van der Waals surface area contributed by atoms with E-state index in [9.17, 15) is 0 Å². The lowest BCUT2D eigenvalue weighted by Gasteiger charge is -2.12. The van der Waals surface area contributed by atoms with Crippen LogP contribution in [-0.4, -0.2) is 16.5 Å². The van der Waals surface area contributed by atoms with Crippen LogP contribution in [-0.2, 0) is 12.8 Å². The molecule has 21 heavy (non-hydrogen) atoms. The van der Waals surface area contributed by atoms with E-state index in [2.05, 4.69) is 17.1 Å². The van der Waals surface area contributed by atoms with Crippen molar-refractivity contribution in [3.63, 3.8) is 0 Å². The van der Waals surface area contributed by atoms with E-state index in [4.69, 9.17) is 15.1 Å². The Bertz CT molecular complexity index is 757. The molecule has 0 fully saturated rings. The van der Waals surface area contributed by atoms with Gasteiger partial charge < -0.3 is 15.1 Å². The lowest BCUT2D eigenvalue weighted by molar-refractivity contribution is 0.506. The molecule has 0 spiro atoms. The predicted molar refractivity (Wildman–Crippen MR) is 81.0 cm³/mol. The molecule has 1 aromatic carbocycles. The van der Waals surface area contributed by atoms with Crippen molar-refractivity contribution in [2.45, 2.75) is 18.8 Å². The first-order valence-corrected chi connectivity index (χ1v) is 7.27. The van der Waals surface area contributed by atoms with Crippen LogP contribution in [0, 0.1) is 0 Å². The second-order valence-corrected chi connectivity index (χ2v) is 5.41. The number of imidazole rings is 1. The number of nitrogens with zero attached hydrogens (tertiary/aromatic N) is 1. The van der Waals surface area contributed by atoms with Crippen molar-refractivity contribution in [1.29, 1.82) is 0 Å². The number of hydrogen-bond acceptors (Lipinski definition) is 3. The van der Waals surface area contributed by atoms with Crippen molar-refractivity contribution in [3.8, 4) is 11.3 Å².